The van der Waals surface area contributed by atoms with Crippen LogP contribution in [0.2, 0.25) is 0 Å². The van der Waals surface area contributed by atoms with Crippen molar-refractivity contribution < 1.29 is 9.59 Å². The molecule has 124 valence electrons. The fourth-order valence-corrected chi connectivity index (χ4v) is 2.23. The summed E-state index contributed by atoms with van der Waals surface area (Å²) < 4.78 is 0. The Bertz CT molecular complexity index is 322. The van der Waals surface area contributed by atoms with E-state index in [1.54, 1.807) is 0 Å². The van der Waals surface area contributed by atoms with Crippen LogP contribution in [0.25, 0.3) is 0 Å². The van der Waals surface area contributed by atoms with Crippen LogP contribution in [0.1, 0.15) is 60.3 Å². The summed E-state index contributed by atoms with van der Waals surface area (Å²) in [6, 6.07) is 0. The molecule has 0 bridgehead atoms. The fraction of sp³-hybridized carbons (Fsp3) is 0.875. The molecule has 1 atom stereocenters. The molecule has 0 heterocycles. The summed E-state index contributed by atoms with van der Waals surface area (Å²) in [5.74, 6) is 1.01. The minimum Gasteiger partial charge on any atom is -0.356 e. The molecule has 0 spiro atoms. The molecule has 0 aromatic heterocycles. The number of carbonyl (C=O) groups is 2. The van der Waals surface area contributed by atoms with Crippen molar-refractivity contribution >= 4 is 11.8 Å². The van der Waals surface area contributed by atoms with Gasteiger partial charge in [-0.15, -0.1) is 0 Å². The summed E-state index contributed by atoms with van der Waals surface area (Å²) in [6.45, 7) is 11.2. The third-order valence-electron chi connectivity index (χ3n) is 3.41. The minimum atomic E-state index is -0.228. The Labute approximate surface area is 129 Å². The topological polar surface area (TPSA) is 84.2 Å². The molecule has 1 unspecified atom stereocenters. The number of hydrogen-bond acceptors (Lipinski definition) is 3. The van der Waals surface area contributed by atoms with E-state index in [2.05, 4.69) is 24.5 Å². The maximum absolute atomic E-state index is 11.8. The second-order valence-electron chi connectivity index (χ2n) is 7.02. The summed E-state index contributed by atoms with van der Waals surface area (Å²) in [5.41, 5.74) is 5.36. The van der Waals surface area contributed by atoms with Crippen LogP contribution < -0.4 is 16.4 Å². The molecule has 0 aliphatic heterocycles. The number of carbonyl (C=O) groups excluding carboxylic acids is 2. The van der Waals surface area contributed by atoms with E-state index in [0.29, 0.717) is 37.8 Å². The number of nitrogens with two attached hydrogens (primary N) is 1. The van der Waals surface area contributed by atoms with E-state index < -0.39 is 0 Å². The summed E-state index contributed by atoms with van der Waals surface area (Å²) in [5, 5.41) is 5.68. The first-order valence-electron chi connectivity index (χ1n) is 7.93. The van der Waals surface area contributed by atoms with Crippen molar-refractivity contribution in [3.05, 3.63) is 0 Å². The summed E-state index contributed by atoms with van der Waals surface area (Å²) in [6.07, 6.45) is 2.64. The Morgan fingerprint density at radius 2 is 1.67 bits per heavy atom. The lowest BCUT2D eigenvalue weighted by atomic mass is 9.88. The van der Waals surface area contributed by atoms with E-state index in [4.69, 9.17) is 5.73 Å². The average molecular weight is 299 g/mol. The van der Waals surface area contributed by atoms with Crippen molar-refractivity contribution in [2.75, 3.05) is 13.1 Å². The average Bonchev–Trinajstić information content (AvgIpc) is 2.31. The van der Waals surface area contributed by atoms with Crippen molar-refractivity contribution in [3.8, 4) is 0 Å². The molecule has 2 amide bonds. The third-order valence-corrected chi connectivity index (χ3v) is 3.41. The molecule has 21 heavy (non-hydrogen) atoms. The highest BCUT2D eigenvalue weighted by molar-refractivity contribution is 5.79. The van der Waals surface area contributed by atoms with Crippen LogP contribution in [0.3, 0.4) is 0 Å². The third kappa shape index (κ3) is 11.3. The highest BCUT2D eigenvalue weighted by Gasteiger charge is 2.15. The van der Waals surface area contributed by atoms with Crippen LogP contribution in [-0.4, -0.2) is 30.4 Å². The van der Waals surface area contributed by atoms with Gasteiger partial charge in [0, 0.05) is 24.9 Å². The predicted molar refractivity (Wildman–Crippen MR) is 86.8 cm³/mol. The molecular formula is C16H33N3O2. The second-order valence-corrected chi connectivity index (χ2v) is 7.02. The lowest BCUT2D eigenvalue weighted by Gasteiger charge is -2.21. The SMILES string of the molecule is CC(C)C(CCN)CCC(=O)NCCC(=O)NC(C)(C)C. The Balaban J connectivity index is 3.87. The first-order chi connectivity index (χ1) is 9.65. The number of rotatable bonds is 9. The van der Waals surface area contributed by atoms with Gasteiger partial charge in [0.1, 0.15) is 0 Å². The first-order valence-corrected chi connectivity index (χ1v) is 7.93. The van der Waals surface area contributed by atoms with Crippen molar-refractivity contribution in [2.45, 2.75) is 65.8 Å². The molecule has 0 saturated heterocycles. The van der Waals surface area contributed by atoms with Crippen molar-refractivity contribution in [1.82, 2.24) is 10.6 Å². The lowest BCUT2D eigenvalue weighted by molar-refractivity contribution is -0.123. The fourth-order valence-electron chi connectivity index (χ4n) is 2.23. The number of hydrogen-bond donors (Lipinski definition) is 3. The zero-order valence-corrected chi connectivity index (χ0v) is 14.3. The van der Waals surface area contributed by atoms with E-state index in [1.807, 2.05) is 20.8 Å². The normalized spacial score (nSPS) is 13.1. The highest BCUT2D eigenvalue weighted by atomic mass is 16.2. The highest BCUT2D eigenvalue weighted by Crippen LogP contribution is 2.20. The van der Waals surface area contributed by atoms with Crippen molar-refractivity contribution in [3.63, 3.8) is 0 Å². The molecule has 0 rings (SSSR count). The molecule has 4 N–H and O–H groups in total. The zero-order valence-electron chi connectivity index (χ0n) is 14.3. The molecule has 5 nitrogen and oxygen atoms in total. The quantitative estimate of drug-likeness (QED) is 0.607. The molecule has 0 fully saturated rings. The van der Waals surface area contributed by atoms with Gasteiger partial charge in [0.2, 0.25) is 11.8 Å². The number of amides is 2. The molecule has 0 aromatic rings. The first kappa shape index (κ1) is 19.9. The Hall–Kier alpha value is -1.10. The summed E-state index contributed by atoms with van der Waals surface area (Å²) >= 11 is 0. The molecule has 0 aliphatic carbocycles. The summed E-state index contributed by atoms with van der Waals surface area (Å²) in [7, 11) is 0. The van der Waals surface area contributed by atoms with Gasteiger partial charge in [-0.3, -0.25) is 9.59 Å². The molecular weight excluding hydrogens is 266 g/mol. The van der Waals surface area contributed by atoms with E-state index in [1.165, 1.54) is 0 Å². The molecule has 0 aromatic carbocycles. The van der Waals surface area contributed by atoms with Crippen LogP contribution in [0.15, 0.2) is 0 Å². The van der Waals surface area contributed by atoms with Gasteiger partial charge >= 0.3 is 0 Å². The van der Waals surface area contributed by atoms with Gasteiger partial charge in [-0.2, -0.15) is 0 Å². The largest absolute Gasteiger partial charge is 0.356 e. The van der Waals surface area contributed by atoms with Crippen LogP contribution >= 0.6 is 0 Å². The van der Waals surface area contributed by atoms with Gasteiger partial charge in [-0.1, -0.05) is 13.8 Å². The number of nitrogens with one attached hydrogen (secondary N) is 2. The maximum atomic E-state index is 11.8. The smallest absolute Gasteiger partial charge is 0.222 e. The summed E-state index contributed by atoms with van der Waals surface area (Å²) in [4.78, 5) is 23.4. The monoisotopic (exact) mass is 299 g/mol. The van der Waals surface area contributed by atoms with Crippen LogP contribution in [0.5, 0.6) is 0 Å². The predicted octanol–water partition coefficient (Wildman–Crippen LogP) is 1.81. The molecule has 0 saturated carbocycles. The van der Waals surface area contributed by atoms with E-state index in [9.17, 15) is 9.59 Å². The van der Waals surface area contributed by atoms with Gasteiger partial charge in [0.15, 0.2) is 0 Å². The molecule has 0 aliphatic rings. The maximum Gasteiger partial charge on any atom is 0.222 e. The van der Waals surface area contributed by atoms with Gasteiger partial charge < -0.3 is 16.4 Å². The Kier molecular flexibility index (Phi) is 9.26. The van der Waals surface area contributed by atoms with Crippen LogP contribution in [0, 0.1) is 11.8 Å². The lowest BCUT2D eigenvalue weighted by Crippen LogP contribution is -2.42. The minimum absolute atomic E-state index is 0.0150. The standard InChI is InChI=1S/C16H33N3O2/c1-12(2)13(8-10-17)6-7-14(20)18-11-9-15(21)19-16(3,4)5/h12-13H,6-11,17H2,1-5H3,(H,18,20)(H,19,21). The Morgan fingerprint density at radius 3 is 2.14 bits per heavy atom. The van der Waals surface area contributed by atoms with Gasteiger partial charge in [0.25, 0.3) is 0 Å². The second kappa shape index (κ2) is 9.77. The molecule has 5 heteroatoms. The van der Waals surface area contributed by atoms with Crippen LogP contribution in [-0.2, 0) is 9.59 Å². The van der Waals surface area contributed by atoms with Gasteiger partial charge in [0.05, 0.1) is 0 Å². The van der Waals surface area contributed by atoms with Crippen LogP contribution in [0.4, 0.5) is 0 Å². The van der Waals surface area contributed by atoms with Gasteiger partial charge in [-0.25, -0.2) is 0 Å². The van der Waals surface area contributed by atoms with E-state index >= 15 is 0 Å². The molecule has 0 radical (unpaired) electrons. The zero-order chi connectivity index (χ0) is 16.5. The van der Waals surface area contributed by atoms with E-state index in [-0.39, 0.29) is 17.4 Å². The van der Waals surface area contributed by atoms with Crippen molar-refractivity contribution in [2.24, 2.45) is 17.6 Å². The van der Waals surface area contributed by atoms with E-state index in [0.717, 1.165) is 12.8 Å². The Morgan fingerprint density at radius 1 is 1.05 bits per heavy atom. The van der Waals surface area contributed by atoms with Crippen molar-refractivity contribution in [1.29, 1.82) is 0 Å². The van der Waals surface area contributed by atoms with Gasteiger partial charge in [-0.05, 0) is 52.0 Å².